The fraction of sp³-hybridized carbons (Fsp3) is 0.684. The van der Waals surface area contributed by atoms with Gasteiger partial charge >= 0.3 is 0 Å². The zero-order valence-corrected chi connectivity index (χ0v) is 14.0. The third-order valence-corrected chi connectivity index (χ3v) is 5.53. The first-order chi connectivity index (χ1) is 11.8. The van der Waals surface area contributed by atoms with Crippen molar-refractivity contribution in [3.8, 4) is 5.75 Å². The molecule has 5 heteroatoms. The van der Waals surface area contributed by atoms with Crippen molar-refractivity contribution in [3.05, 3.63) is 29.3 Å². The van der Waals surface area contributed by atoms with E-state index in [1.54, 1.807) is 0 Å². The van der Waals surface area contributed by atoms with Gasteiger partial charge in [-0.1, -0.05) is 18.2 Å². The smallest absolute Gasteiger partial charge is 0.190 e. The van der Waals surface area contributed by atoms with Crippen LogP contribution in [0.5, 0.6) is 5.75 Å². The Morgan fingerprint density at radius 2 is 2.21 bits per heavy atom. The van der Waals surface area contributed by atoms with Crippen molar-refractivity contribution in [2.24, 2.45) is 0 Å². The normalized spacial score (nSPS) is 37.3. The van der Waals surface area contributed by atoms with Gasteiger partial charge in [0.2, 0.25) is 0 Å². The SMILES string of the molecule is CCOC(OC1CCCCO1)c1cccc2c1OC1C[C@H]3O[C@H]3C21. The Hall–Kier alpha value is -1.14. The highest BCUT2D eigenvalue weighted by Gasteiger charge is 2.60. The fourth-order valence-electron chi connectivity index (χ4n) is 4.37. The van der Waals surface area contributed by atoms with Gasteiger partial charge in [0.25, 0.3) is 0 Å². The van der Waals surface area contributed by atoms with Crippen LogP contribution in [0.1, 0.15) is 55.9 Å². The summed E-state index contributed by atoms with van der Waals surface area (Å²) in [6.45, 7) is 3.33. The first-order valence-electron chi connectivity index (χ1n) is 9.18. The van der Waals surface area contributed by atoms with E-state index < -0.39 is 6.29 Å². The second-order valence-corrected chi connectivity index (χ2v) is 7.04. The van der Waals surface area contributed by atoms with Gasteiger partial charge in [0.1, 0.15) is 11.9 Å². The van der Waals surface area contributed by atoms with Crippen LogP contribution < -0.4 is 4.74 Å². The molecule has 2 saturated heterocycles. The van der Waals surface area contributed by atoms with E-state index in [9.17, 15) is 0 Å². The summed E-state index contributed by atoms with van der Waals surface area (Å²) in [7, 11) is 0. The molecular weight excluding hydrogens is 308 g/mol. The lowest BCUT2D eigenvalue weighted by Crippen LogP contribution is -2.26. The number of ether oxygens (including phenoxy) is 5. The summed E-state index contributed by atoms with van der Waals surface area (Å²) in [6.07, 6.45) is 4.53. The van der Waals surface area contributed by atoms with Crippen LogP contribution in [0.25, 0.3) is 0 Å². The van der Waals surface area contributed by atoms with Crippen molar-refractivity contribution < 1.29 is 23.7 Å². The summed E-state index contributed by atoms with van der Waals surface area (Å²) in [6, 6.07) is 6.29. The molecule has 5 nitrogen and oxygen atoms in total. The number of fused-ring (bicyclic) bond motifs is 5. The van der Waals surface area contributed by atoms with Gasteiger partial charge in [0, 0.05) is 25.2 Å². The Balaban J connectivity index is 1.42. The standard InChI is InChI=1S/C19H24O5/c1-2-20-19(24-15-8-3-4-9-21-15)12-7-5-6-11-16-13(22-17(11)12)10-14-18(16)23-14/h5-7,13-16,18-19H,2-4,8-10H2,1H3/t13?,14-,15?,16?,18-,19?/m1/s1. The van der Waals surface area contributed by atoms with Crippen molar-refractivity contribution >= 4 is 0 Å². The van der Waals surface area contributed by atoms with Crippen molar-refractivity contribution in [3.63, 3.8) is 0 Å². The van der Waals surface area contributed by atoms with E-state index in [0.29, 0.717) is 24.7 Å². The lowest BCUT2D eigenvalue weighted by molar-refractivity contribution is -0.258. The first-order valence-corrected chi connectivity index (χ1v) is 9.18. The zero-order valence-electron chi connectivity index (χ0n) is 14.0. The Morgan fingerprint density at radius 1 is 1.25 bits per heavy atom. The van der Waals surface area contributed by atoms with Gasteiger partial charge in [-0.05, 0) is 26.2 Å². The molecule has 3 heterocycles. The van der Waals surface area contributed by atoms with Crippen LogP contribution in [-0.2, 0) is 18.9 Å². The van der Waals surface area contributed by atoms with Crippen molar-refractivity contribution in [2.45, 2.75) is 69.4 Å². The molecule has 4 aliphatic rings. The number of hydrogen-bond donors (Lipinski definition) is 0. The molecule has 4 unspecified atom stereocenters. The Labute approximate surface area is 142 Å². The molecule has 130 valence electrons. The van der Waals surface area contributed by atoms with Crippen LogP contribution in [0.15, 0.2) is 18.2 Å². The van der Waals surface area contributed by atoms with Crippen LogP contribution in [0, 0.1) is 0 Å². The summed E-state index contributed by atoms with van der Waals surface area (Å²) >= 11 is 0. The van der Waals surface area contributed by atoms with Crippen LogP contribution in [0.4, 0.5) is 0 Å². The summed E-state index contributed by atoms with van der Waals surface area (Å²) in [4.78, 5) is 0. The number of benzene rings is 1. The predicted octanol–water partition coefficient (Wildman–Crippen LogP) is 3.28. The van der Waals surface area contributed by atoms with Gasteiger partial charge in [-0.2, -0.15) is 0 Å². The van der Waals surface area contributed by atoms with Crippen molar-refractivity contribution in [1.82, 2.24) is 0 Å². The van der Waals surface area contributed by atoms with E-state index in [2.05, 4.69) is 12.1 Å². The van der Waals surface area contributed by atoms with Crippen LogP contribution in [0.3, 0.4) is 0 Å². The van der Waals surface area contributed by atoms with E-state index in [1.807, 2.05) is 13.0 Å². The van der Waals surface area contributed by atoms with Crippen molar-refractivity contribution in [2.75, 3.05) is 13.2 Å². The molecule has 0 bridgehead atoms. The highest BCUT2D eigenvalue weighted by molar-refractivity contribution is 5.50. The molecule has 0 aromatic heterocycles. The van der Waals surface area contributed by atoms with Crippen LogP contribution in [-0.4, -0.2) is 37.8 Å². The summed E-state index contributed by atoms with van der Waals surface area (Å²) in [5.41, 5.74) is 2.23. The molecule has 0 N–H and O–H groups in total. The second-order valence-electron chi connectivity index (χ2n) is 7.04. The van der Waals surface area contributed by atoms with Gasteiger partial charge < -0.3 is 23.7 Å². The maximum absolute atomic E-state index is 6.30. The lowest BCUT2D eigenvalue weighted by atomic mass is 9.95. The molecule has 1 aromatic rings. The second kappa shape index (κ2) is 5.99. The van der Waals surface area contributed by atoms with E-state index in [0.717, 1.165) is 43.6 Å². The maximum Gasteiger partial charge on any atom is 0.190 e. The number of hydrogen-bond acceptors (Lipinski definition) is 5. The fourth-order valence-corrected chi connectivity index (χ4v) is 4.37. The highest BCUT2D eigenvalue weighted by atomic mass is 16.8. The summed E-state index contributed by atoms with van der Waals surface area (Å²) in [5.74, 6) is 1.31. The average molecular weight is 332 g/mol. The predicted molar refractivity (Wildman–Crippen MR) is 85.9 cm³/mol. The Kier molecular flexibility index (Phi) is 3.78. The molecule has 1 aliphatic carbocycles. The average Bonchev–Trinajstić information content (AvgIpc) is 3.11. The van der Waals surface area contributed by atoms with E-state index >= 15 is 0 Å². The van der Waals surface area contributed by atoms with E-state index in [4.69, 9.17) is 23.7 Å². The molecule has 0 radical (unpaired) electrons. The van der Waals surface area contributed by atoms with Gasteiger partial charge in [-0.25, -0.2) is 0 Å². The van der Waals surface area contributed by atoms with Gasteiger partial charge in [0.05, 0.1) is 23.7 Å². The largest absolute Gasteiger partial charge is 0.489 e. The number of epoxide rings is 1. The van der Waals surface area contributed by atoms with Crippen LogP contribution >= 0.6 is 0 Å². The number of rotatable bonds is 5. The Bertz CT molecular complexity index is 612. The van der Waals surface area contributed by atoms with E-state index in [-0.39, 0.29) is 12.4 Å². The van der Waals surface area contributed by atoms with Gasteiger partial charge in [-0.15, -0.1) is 0 Å². The van der Waals surface area contributed by atoms with Gasteiger partial charge in [-0.3, -0.25) is 0 Å². The minimum Gasteiger partial charge on any atom is -0.489 e. The van der Waals surface area contributed by atoms with Crippen LogP contribution in [0.2, 0.25) is 0 Å². The third-order valence-electron chi connectivity index (χ3n) is 5.53. The summed E-state index contributed by atoms with van der Waals surface area (Å²) < 4.78 is 29.8. The minimum atomic E-state index is -0.442. The molecule has 3 fully saturated rings. The topological polar surface area (TPSA) is 49.5 Å². The maximum atomic E-state index is 6.30. The molecule has 24 heavy (non-hydrogen) atoms. The molecule has 6 atom stereocenters. The molecule has 1 aromatic carbocycles. The highest BCUT2D eigenvalue weighted by Crippen LogP contribution is 2.57. The first kappa shape index (κ1) is 15.1. The molecule has 0 spiro atoms. The van der Waals surface area contributed by atoms with E-state index in [1.165, 1.54) is 5.56 Å². The molecule has 5 rings (SSSR count). The zero-order chi connectivity index (χ0) is 16.1. The minimum absolute atomic E-state index is 0.191. The summed E-state index contributed by atoms with van der Waals surface area (Å²) in [5, 5.41) is 0. The number of para-hydroxylation sites is 1. The quantitative estimate of drug-likeness (QED) is 0.612. The van der Waals surface area contributed by atoms with Gasteiger partial charge in [0.15, 0.2) is 12.6 Å². The molecule has 0 amide bonds. The Morgan fingerprint density at radius 3 is 3.04 bits per heavy atom. The third kappa shape index (κ3) is 2.46. The lowest BCUT2D eigenvalue weighted by Gasteiger charge is -2.28. The molecular formula is C19H24O5. The van der Waals surface area contributed by atoms with Crippen molar-refractivity contribution in [1.29, 1.82) is 0 Å². The molecule has 1 saturated carbocycles. The molecule has 3 aliphatic heterocycles. The monoisotopic (exact) mass is 332 g/mol.